The van der Waals surface area contributed by atoms with Crippen molar-refractivity contribution in [1.29, 1.82) is 0 Å². The Morgan fingerprint density at radius 2 is 2.05 bits per heavy atom. The van der Waals surface area contributed by atoms with Crippen LogP contribution in [0, 0.1) is 0 Å². The van der Waals surface area contributed by atoms with Crippen LogP contribution in [0.15, 0.2) is 18.2 Å². The normalized spacial score (nSPS) is 14.1. The van der Waals surface area contributed by atoms with E-state index in [0.717, 1.165) is 41.8 Å². The molecule has 1 aliphatic heterocycles. The molecule has 1 aromatic heterocycles. The summed E-state index contributed by atoms with van der Waals surface area (Å²) in [5.41, 5.74) is 0.896. The van der Waals surface area contributed by atoms with Crippen molar-refractivity contribution in [3.05, 3.63) is 29.8 Å². The number of aromatic nitrogens is 3. The Bertz CT molecular complexity index is 639. The maximum atomic E-state index is 5.39. The first-order chi connectivity index (χ1) is 10.8. The Kier molecular flexibility index (Phi) is 4.46. The Labute approximate surface area is 130 Å². The molecule has 0 radical (unpaired) electrons. The lowest BCUT2D eigenvalue weighted by Gasteiger charge is -2.13. The van der Waals surface area contributed by atoms with Crippen LogP contribution in [0.3, 0.4) is 0 Å². The molecule has 0 saturated carbocycles. The zero-order valence-electron chi connectivity index (χ0n) is 13.1. The van der Waals surface area contributed by atoms with Crippen LogP contribution in [-0.2, 0) is 19.5 Å². The highest BCUT2D eigenvalue weighted by Crippen LogP contribution is 2.29. The second kappa shape index (κ2) is 6.68. The maximum absolute atomic E-state index is 5.39. The molecule has 6 nitrogen and oxygen atoms in total. The van der Waals surface area contributed by atoms with Gasteiger partial charge in [-0.05, 0) is 25.0 Å². The van der Waals surface area contributed by atoms with Crippen LogP contribution in [0.2, 0.25) is 0 Å². The van der Waals surface area contributed by atoms with Gasteiger partial charge in [0.2, 0.25) is 0 Å². The summed E-state index contributed by atoms with van der Waals surface area (Å²) in [6.07, 6.45) is 4.69. The number of ether oxygens (including phenoxy) is 2. The fourth-order valence-corrected chi connectivity index (χ4v) is 2.80. The smallest absolute Gasteiger partial charge is 0.152 e. The van der Waals surface area contributed by atoms with Crippen LogP contribution in [-0.4, -0.2) is 29.0 Å². The van der Waals surface area contributed by atoms with E-state index in [1.54, 1.807) is 14.2 Å². The predicted octanol–water partition coefficient (Wildman–Crippen LogP) is 2.63. The van der Waals surface area contributed by atoms with Gasteiger partial charge in [0.25, 0.3) is 0 Å². The van der Waals surface area contributed by atoms with Crippen LogP contribution in [0.5, 0.6) is 11.5 Å². The average molecular weight is 302 g/mol. The van der Waals surface area contributed by atoms with E-state index in [-0.39, 0.29) is 0 Å². The van der Waals surface area contributed by atoms with Crippen LogP contribution in [0.4, 0.5) is 5.69 Å². The second-order valence-electron chi connectivity index (χ2n) is 5.41. The number of benzene rings is 1. The van der Waals surface area contributed by atoms with E-state index < -0.39 is 0 Å². The van der Waals surface area contributed by atoms with E-state index >= 15 is 0 Å². The van der Waals surface area contributed by atoms with Gasteiger partial charge in [0, 0.05) is 19.0 Å². The second-order valence-corrected chi connectivity index (χ2v) is 5.41. The molecule has 1 aliphatic rings. The summed E-state index contributed by atoms with van der Waals surface area (Å²) in [5, 5.41) is 12.0. The number of hydrogen-bond acceptors (Lipinski definition) is 5. The lowest BCUT2D eigenvalue weighted by Crippen LogP contribution is -2.10. The SMILES string of the molecule is COc1ccc(OC)c(NCc2nnc3n2CCCCC3)c1. The lowest BCUT2D eigenvalue weighted by molar-refractivity contribution is 0.404. The fraction of sp³-hybridized carbons (Fsp3) is 0.500. The third-order valence-electron chi connectivity index (χ3n) is 4.03. The Morgan fingerprint density at radius 1 is 1.14 bits per heavy atom. The summed E-state index contributed by atoms with van der Waals surface area (Å²) >= 11 is 0. The molecule has 0 spiro atoms. The zero-order valence-corrected chi connectivity index (χ0v) is 13.1. The van der Waals surface area contributed by atoms with Gasteiger partial charge in [0.05, 0.1) is 26.5 Å². The standard InChI is InChI=1S/C16H22N4O2/c1-21-12-7-8-14(22-2)13(10-12)17-11-16-19-18-15-6-4-3-5-9-20(15)16/h7-8,10,17H,3-6,9,11H2,1-2H3. The summed E-state index contributed by atoms with van der Waals surface area (Å²) in [4.78, 5) is 0. The predicted molar refractivity (Wildman–Crippen MR) is 84.4 cm³/mol. The van der Waals surface area contributed by atoms with Gasteiger partial charge in [0.1, 0.15) is 17.3 Å². The van der Waals surface area contributed by atoms with Crippen molar-refractivity contribution >= 4 is 5.69 Å². The Morgan fingerprint density at radius 3 is 2.86 bits per heavy atom. The summed E-state index contributed by atoms with van der Waals surface area (Å²) in [6, 6.07) is 5.71. The third-order valence-corrected chi connectivity index (χ3v) is 4.03. The number of rotatable bonds is 5. The van der Waals surface area contributed by atoms with Crippen molar-refractivity contribution in [2.75, 3.05) is 19.5 Å². The molecule has 118 valence electrons. The van der Waals surface area contributed by atoms with E-state index in [1.807, 2.05) is 18.2 Å². The monoisotopic (exact) mass is 302 g/mol. The molecule has 0 aliphatic carbocycles. The Hall–Kier alpha value is -2.24. The molecule has 0 fully saturated rings. The van der Waals surface area contributed by atoms with Gasteiger partial charge in [-0.2, -0.15) is 0 Å². The van der Waals surface area contributed by atoms with Crippen LogP contribution >= 0.6 is 0 Å². The molecule has 2 heterocycles. The first-order valence-corrected chi connectivity index (χ1v) is 7.68. The highest BCUT2D eigenvalue weighted by molar-refractivity contribution is 5.59. The molecule has 0 bridgehead atoms. The minimum atomic E-state index is 0.622. The molecule has 6 heteroatoms. The topological polar surface area (TPSA) is 61.2 Å². The number of methoxy groups -OCH3 is 2. The lowest BCUT2D eigenvalue weighted by atomic mass is 10.2. The number of nitrogens with zero attached hydrogens (tertiary/aromatic N) is 3. The largest absolute Gasteiger partial charge is 0.497 e. The first-order valence-electron chi connectivity index (χ1n) is 7.68. The highest BCUT2D eigenvalue weighted by Gasteiger charge is 2.15. The van der Waals surface area contributed by atoms with E-state index in [0.29, 0.717) is 6.54 Å². The maximum Gasteiger partial charge on any atom is 0.152 e. The molecule has 3 rings (SSSR count). The van der Waals surface area contributed by atoms with Gasteiger partial charge in [-0.3, -0.25) is 0 Å². The van der Waals surface area contributed by atoms with Crippen molar-refractivity contribution in [1.82, 2.24) is 14.8 Å². The molecule has 0 saturated heterocycles. The fourth-order valence-electron chi connectivity index (χ4n) is 2.80. The molecular weight excluding hydrogens is 280 g/mol. The Balaban J connectivity index is 1.76. The van der Waals surface area contributed by atoms with Gasteiger partial charge >= 0.3 is 0 Å². The number of anilines is 1. The van der Waals surface area contributed by atoms with Gasteiger partial charge in [-0.25, -0.2) is 0 Å². The molecule has 0 atom stereocenters. The van der Waals surface area contributed by atoms with E-state index in [2.05, 4.69) is 20.1 Å². The van der Waals surface area contributed by atoms with E-state index in [4.69, 9.17) is 9.47 Å². The van der Waals surface area contributed by atoms with Crippen molar-refractivity contribution in [2.24, 2.45) is 0 Å². The average Bonchev–Trinajstić information content (AvgIpc) is 2.79. The molecular formula is C16H22N4O2. The molecule has 2 aromatic rings. The van der Waals surface area contributed by atoms with Crippen molar-refractivity contribution in [2.45, 2.75) is 38.8 Å². The molecule has 0 amide bonds. The van der Waals surface area contributed by atoms with Gasteiger partial charge in [-0.15, -0.1) is 10.2 Å². The zero-order chi connectivity index (χ0) is 15.4. The third kappa shape index (κ3) is 3.00. The van der Waals surface area contributed by atoms with Crippen LogP contribution in [0.1, 0.15) is 30.9 Å². The van der Waals surface area contributed by atoms with Gasteiger partial charge in [0.15, 0.2) is 5.82 Å². The first kappa shape index (κ1) is 14.7. The number of aryl methyl sites for hydroxylation is 1. The van der Waals surface area contributed by atoms with Crippen molar-refractivity contribution in [3.63, 3.8) is 0 Å². The molecule has 22 heavy (non-hydrogen) atoms. The minimum absolute atomic E-state index is 0.622. The number of hydrogen-bond donors (Lipinski definition) is 1. The molecule has 1 aromatic carbocycles. The van der Waals surface area contributed by atoms with Crippen LogP contribution < -0.4 is 14.8 Å². The summed E-state index contributed by atoms with van der Waals surface area (Å²) < 4.78 is 12.9. The summed E-state index contributed by atoms with van der Waals surface area (Å²) in [7, 11) is 3.32. The van der Waals surface area contributed by atoms with Crippen LogP contribution in [0.25, 0.3) is 0 Å². The number of fused-ring (bicyclic) bond motifs is 1. The summed E-state index contributed by atoms with van der Waals surface area (Å²) in [6.45, 7) is 1.63. The minimum Gasteiger partial charge on any atom is -0.497 e. The van der Waals surface area contributed by atoms with E-state index in [1.165, 1.54) is 19.3 Å². The molecule has 0 unspecified atom stereocenters. The quantitative estimate of drug-likeness (QED) is 0.920. The van der Waals surface area contributed by atoms with Crippen molar-refractivity contribution in [3.8, 4) is 11.5 Å². The van der Waals surface area contributed by atoms with Gasteiger partial charge in [-0.1, -0.05) is 6.42 Å². The van der Waals surface area contributed by atoms with Gasteiger partial charge < -0.3 is 19.4 Å². The number of nitrogens with one attached hydrogen (secondary N) is 1. The summed E-state index contributed by atoms with van der Waals surface area (Å²) in [5.74, 6) is 3.66. The molecule has 1 N–H and O–H groups in total. The van der Waals surface area contributed by atoms with Crippen molar-refractivity contribution < 1.29 is 9.47 Å². The van der Waals surface area contributed by atoms with E-state index in [9.17, 15) is 0 Å². The highest BCUT2D eigenvalue weighted by atomic mass is 16.5.